The van der Waals surface area contributed by atoms with Gasteiger partial charge < -0.3 is 4.52 Å². The Morgan fingerprint density at radius 2 is 1.21 bits per heavy atom. The van der Waals surface area contributed by atoms with E-state index in [9.17, 15) is 0 Å². The fourth-order valence-corrected chi connectivity index (χ4v) is 6.00. The van der Waals surface area contributed by atoms with E-state index in [1.165, 1.54) is 0 Å². The molecular formula is C25H20NOPS. The maximum absolute atomic E-state index is 6.53. The largest absolute Gasteiger partial charge is 0.458 e. The second-order valence-corrected chi connectivity index (χ2v) is 10.3. The summed E-state index contributed by atoms with van der Waals surface area (Å²) < 4.78 is 6.53. The van der Waals surface area contributed by atoms with Gasteiger partial charge in [-0.2, -0.15) is 0 Å². The molecular weight excluding hydrogens is 393 g/mol. The molecule has 0 N–H and O–H groups in total. The minimum absolute atomic E-state index is 0.748. The van der Waals surface area contributed by atoms with Crippen LogP contribution in [-0.2, 0) is 11.8 Å². The van der Waals surface area contributed by atoms with E-state index < -0.39 is 6.26 Å². The molecule has 0 saturated carbocycles. The van der Waals surface area contributed by atoms with E-state index in [2.05, 4.69) is 29.3 Å². The predicted octanol–water partition coefficient (Wildman–Crippen LogP) is 5.86. The summed E-state index contributed by atoms with van der Waals surface area (Å²) in [6, 6.07) is 38.0. The third kappa shape index (κ3) is 4.71. The van der Waals surface area contributed by atoms with Gasteiger partial charge in [0.05, 0.1) is 5.69 Å². The number of para-hydroxylation sites is 1. The molecule has 29 heavy (non-hydrogen) atoms. The van der Waals surface area contributed by atoms with Crippen LogP contribution in [0, 0.1) is 0 Å². The third-order valence-corrected chi connectivity index (χ3v) is 8.32. The minimum Gasteiger partial charge on any atom is -0.458 e. The lowest BCUT2D eigenvalue weighted by Gasteiger charge is -2.24. The zero-order chi connectivity index (χ0) is 19.9. The molecule has 4 aromatic rings. The van der Waals surface area contributed by atoms with E-state index in [4.69, 9.17) is 16.3 Å². The van der Waals surface area contributed by atoms with Gasteiger partial charge in [-0.3, -0.25) is 4.99 Å². The molecule has 0 aliphatic heterocycles. The number of benzene rings is 4. The Morgan fingerprint density at radius 3 is 1.79 bits per heavy atom. The van der Waals surface area contributed by atoms with Crippen molar-refractivity contribution >= 4 is 40.6 Å². The molecule has 4 rings (SSSR count). The van der Waals surface area contributed by atoms with Gasteiger partial charge in [-0.05, 0) is 41.6 Å². The standard InChI is InChI=1S/C25H20NOPS/c29-28(24-15-6-2-7-16-24,25-17-8-3-9-18-25)27-23-14-10-11-21(19-23)20-26-22-12-4-1-5-13-22/h1-20H. The Morgan fingerprint density at radius 1 is 0.655 bits per heavy atom. The van der Waals surface area contributed by atoms with Crippen LogP contribution in [0.4, 0.5) is 5.69 Å². The molecule has 0 bridgehead atoms. The van der Waals surface area contributed by atoms with E-state index in [0.29, 0.717) is 0 Å². The number of hydrogen-bond donors (Lipinski definition) is 0. The van der Waals surface area contributed by atoms with Crippen LogP contribution in [0.5, 0.6) is 5.75 Å². The lowest BCUT2D eigenvalue weighted by molar-refractivity contribution is 0.628. The van der Waals surface area contributed by atoms with Gasteiger partial charge in [0, 0.05) is 16.8 Å². The summed E-state index contributed by atoms with van der Waals surface area (Å²) in [5, 5.41) is 2.06. The Balaban J connectivity index is 1.67. The topological polar surface area (TPSA) is 21.6 Å². The first-order valence-corrected chi connectivity index (χ1v) is 12.1. The molecule has 0 radical (unpaired) electrons. The van der Waals surface area contributed by atoms with Crippen LogP contribution in [0.15, 0.2) is 120 Å². The zero-order valence-corrected chi connectivity index (χ0v) is 17.5. The van der Waals surface area contributed by atoms with Crippen LogP contribution < -0.4 is 15.1 Å². The molecule has 0 spiro atoms. The lowest BCUT2D eigenvalue weighted by atomic mass is 10.2. The van der Waals surface area contributed by atoms with Crippen LogP contribution in [0.1, 0.15) is 5.56 Å². The van der Waals surface area contributed by atoms with Crippen LogP contribution in [-0.4, -0.2) is 6.21 Å². The summed E-state index contributed by atoms with van der Waals surface area (Å²) in [5.74, 6) is 0.748. The van der Waals surface area contributed by atoms with Crippen LogP contribution in [0.3, 0.4) is 0 Å². The Hall–Kier alpha value is -3.00. The second kappa shape index (κ2) is 9.00. The van der Waals surface area contributed by atoms with Crippen molar-refractivity contribution in [1.29, 1.82) is 0 Å². The maximum atomic E-state index is 6.53. The van der Waals surface area contributed by atoms with Gasteiger partial charge in [-0.15, -0.1) is 0 Å². The molecule has 0 aromatic heterocycles. The van der Waals surface area contributed by atoms with Crippen LogP contribution in [0.2, 0.25) is 0 Å². The molecule has 4 aromatic carbocycles. The first-order chi connectivity index (χ1) is 14.2. The third-order valence-electron chi connectivity index (χ3n) is 4.40. The zero-order valence-electron chi connectivity index (χ0n) is 15.8. The molecule has 2 nitrogen and oxygen atoms in total. The predicted molar refractivity (Wildman–Crippen MR) is 127 cm³/mol. The van der Waals surface area contributed by atoms with Crippen molar-refractivity contribution in [2.24, 2.45) is 4.99 Å². The van der Waals surface area contributed by atoms with Crippen molar-refractivity contribution in [1.82, 2.24) is 0 Å². The Labute approximate surface area is 176 Å². The van der Waals surface area contributed by atoms with Gasteiger partial charge in [-0.1, -0.05) is 91.0 Å². The van der Waals surface area contributed by atoms with Gasteiger partial charge in [0.25, 0.3) is 0 Å². The smallest absolute Gasteiger partial charge is 0.171 e. The summed E-state index contributed by atoms with van der Waals surface area (Å²) >= 11 is 6.16. The summed E-state index contributed by atoms with van der Waals surface area (Å²) in [6.45, 7) is 0. The van der Waals surface area contributed by atoms with Crippen molar-refractivity contribution in [2.45, 2.75) is 0 Å². The molecule has 0 amide bonds. The summed E-state index contributed by atoms with van der Waals surface area (Å²) in [5.41, 5.74) is 1.88. The monoisotopic (exact) mass is 413 g/mol. The highest BCUT2D eigenvalue weighted by Crippen LogP contribution is 2.45. The molecule has 0 saturated heterocycles. The molecule has 142 valence electrons. The highest BCUT2D eigenvalue weighted by Gasteiger charge is 2.24. The van der Waals surface area contributed by atoms with E-state index >= 15 is 0 Å². The quantitative estimate of drug-likeness (QED) is 0.292. The number of rotatable bonds is 6. The average Bonchev–Trinajstić information content (AvgIpc) is 2.80. The molecule has 0 fully saturated rings. The van der Waals surface area contributed by atoms with E-state index in [1.807, 2.05) is 97.2 Å². The van der Waals surface area contributed by atoms with Gasteiger partial charge in [0.2, 0.25) is 0 Å². The molecule has 0 unspecified atom stereocenters. The van der Waals surface area contributed by atoms with Crippen LogP contribution >= 0.6 is 6.26 Å². The van der Waals surface area contributed by atoms with Crippen molar-refractivity contribution in [3.05, 3.63) is 121 Å². The van der Waals surface area contributed by atoms with Gasteiger partial charge >= 0.3 is 0 Å². The second-order valence-electron chi connectivity index (χ2n) is 6.48. The number of nitrogens with zero attached hydrogens (tertiary/aromatic N) is 1. The van der Waals surface area contributed by atoms with Crippen molar-refractivity contribution < 1.29 is 4.52 Å². The first kappa shape index (κ1) is 19.3. The Kier molecular flexibility index (Phi) is 6.00. The van der Waals surface area contributed by atoms with Crippen molar-refractivity contribution in [3.63, 3.8) is 0 Å². The highest BCUT2D eigenvalue weighted by molar-refractivity contribution is 8.19. The number of hydrogen-bond acceptors (Lipinski definition) is 3. The van der Waals surface area contributed by atoms with Crippen molar-refractivity contribution in [3.8, 4) is 5.75 Å². The maximum Gasteiger partial charge on any atom is 0.171 e. The van der Waals surface area contributed by atoms with E-state index in [-0.39, 0.29) is 0 Å². The summed E-state index contributed by atoms with van der Waals surface area (Å²) in [7, 11) is 0. The fourth-order valence-electron chi connectivity index (χ4n) is 2.97. The molecule has 0 heterocycles. The first-order valence-electron chi connectivity index (χ1n) is 9.34. The summed E-state index contributed by atoms with van der Waals surface area (Å²) in [6.07, 6.45) is -0.610. The van der Waals surface area contributed by atoms with Crippen LogP contribution in [0.25, 0.3) is 0 Å². The Bertz CT molecular complexity index is 1100. The average molecular weight is 413 g/mol. The van der Waals surface area contributed by atoms with Gasteiger partial charge in [0.15, 0.2) is 6.26 Å². The van der Waals surface area contributed by atoms with E-state index in [1.54, 1.807) is 0 Å². The summed E-state index contributed by atoms with van der Waals surface area (Å²) in [4.78, 5) is 4.53. The minimum atomic E-state index is -2.45. The fraction of sp³-hybridized carbons (Fsp3) is 0. The lowest BCUT2D eigenvalue weighted by Crippen LogP contribution is -2.19. The molecule has 4 heteroatoms. The van der Waals surface area contributed by atoms with Gasteiger partial charge in [0.1, 0.15) is 5.75 Å². The SMILES string of the molecule is S=P(Oc1cccc(C=Nc2ccccc2)c1)(c1ccccc1)c1ccccc1. The molecule has 0 atom stereocenters. The van der Waals surface area contributed by atoms with Crippen molar-refractivity contribution in [2.75, 3.05) is 0 Å². The molecule has 0 aliphatic rings. The van der Waals surface area contributed by atoms with Gasteiger partial charge in [-0.25, -0.2) is 0 Å². The molecule has 0 aliphatic carbocycles. The normalized spacial score (nSPS) is 11.4. The van der Waals surface area contributed by atoms with E-state index in [0.717, 1.165) is 27.6 Å². The number of aliphatic imine (C=N–C) groups is 1. The highest BCUT2D eigenvalue weighted by atomic mass is 32.4.